The summed E-state index contributed by atoms with van der Waals surface area (Å²) >= 11 is 0. The molecular formula is C17H25N3O5. The molecule has 1 unspecified atom stereocenters. The number of hydrogen-bond donors (Lipinski definition) is 2. The third-order valence-corrected chi connectivity index (χ3v) is 4.26. The lowest BCUT2D eigenvalue weighted by Gasteiger charge is -2.36. The Labute approximate surface area is 147 Å². The van der Waals surface area contributed by atoms with E-state index in [0.29, 0.717) is 36.8 Å². The quantitative estimate of drug-likeness (QED) is 0.728. The van der Waals surface area contributed by atoms with Crippen LogP contribution in [-0.4, -0.2) is 79.8 Å². The Morgan fingerprint density at radius 1 is 1.24 bits per heavy atom. The minimum Gasteiger partial charge on any atom is -0.497 e. The molecule has 1 aliphatic heterocycles. The van der Waals surface area contributed by atoms with E-state index in [1.54, 1.807) is 44.2 Å². The number of methoxy groups -OCH3 is 2. The number of aliphatic hydroxyl groups is 1. The number of aliphatic hydroxyl groups excluding tert-OH is 1. The van der Waals surface area contributed by atoms with E-state index in [9.17, 15) is 9.59 Å². The van der Waals surface area contributed by atoms with Gasteiger partial charge in [-0.2, -0.15) is 0 Å². The fourth-order valence-corrected chi connectivity index (χ4v) is 2.71. The molecule has 1 atom stereocenters. The monoisotopic (exact) mass is 351 g/mol. The molecule has 138 valence electrons. The molecule has 0 radical (unpaired) electrons. The lowest BCUT2D eigenvalue weighted by molar-refractivity contribution is -0.138. The molecule has 0 bridgehead atoms. The first kappa shape index (κ1) is 19.0. The molecule has 1 heterocycles. The average molecular weight is 351 g/mol. The molecule has 25 heavy (non-hydrogen) atoms. The van der Waals surface area contributed by atoms with E-state index >= 15 is 0 Å². The summed E-state index contributed by atoms with van der Waals surface area (Å²) in [5, 5.41) is 11.8. The third-order valence-electron chi connectivity index (χ3n) is 4.26. The number of nitrogens with one attached hydrogen (secondary N) is 1. The van der Waals surface area contributed by atoms with Crippen molar-refractivity contribution >= 4 is 17.5 Å². The molecule has 8 heteroatoms. The Balaban J connectivity index is 2.00. The van der Waals surface area contributed by atoms with Gasteiger partial charge < -0.3 is 24.8 Å². The van der Waals surface area contributed by atoms with Gasteiger partial charge >= 0.3 is 0 Å². The first-order valence-corrected chi connectivity index (χ1v) is 8.15. The summed E-state index contributed by atoms with van der Waals surface area (Å²) in [7, 11) is 3.08. The van der Waals surface area contributed by atoms with Gasteiger partial charge in [-0.3, -0.25) is 14.5 Å². The summed E-state index contributed by atoms with van der Waals surface area (Å²) in [6.07, 6.45) is 0. The van der Waals surface area contributed by atoms with Gasteiger partial charge in [-0.1, -0.05) is 0 Å². The van der Waals surface area contributed by atoms with Crippen LogP contribution >= 0.6 is 0 Å². The highest BCUT2D eigenvalue weighted by molar-refractivity contribution is 5.95. The van der Waals surface area contributed by atoms with Crippen LogP contribution in [0.3, 0.4) is 0 Å². The van der Waals surface area contributed by atoms with Gasteiger partial charge in [-0.25, -0.2) is 0 Å². The normalized spacial score (nSPS) is 16.5. The highest BCUT2D eigenvalue weighted by Gasteiger charge is 2.29. The van der Waals surface area contributed by atoms with Crippen LogP contribution < -0.4 is 14.8 Å². The van der Waals surface area contributed by atoms with E-state index in [2.05, 4.69) is 5.32 Å². The fraction of sp³-hybridized carbons (Fsp3) is 0.529. The Hall–Kier alpha value is -2.32. The molecule has 1 aromatic rings. The standard InChI is InChI=1S/C17H25N3O5/c1-12(20-5-4-19(6-7-21)16(22)11-20)17(23)18-13-8-14(24-2)10-15(9-13)25-3/h8-10,12,21H,4-7,11H2,1-3H3,(H,18,23). The predicted molar refractivity (Wildman–Crippen MR) is 92.9 cm³/mol. The Bertz CT molecular complexity index is 600. The zero-order valence-electron chi connectivity index (χ0n) is 14.8. The van der Waals surface area contributed by atoms with Gasteiger partial charge in [0.15, 0.2) is 0 Å². The number of amides is 2. The van der Waals surface area contributed by atoms with E-state index in [0.717, 1.165) is 0 Å². The van der Waals surface area contributed by atoms with Crippen LogP contribution in [0.1, 0.15) is 6.92 Å². The molecule has 2 rings (SSSR count). The Morgan fingerprint density at radius 3 is 2.40 bits per heavy atom. The number of carbonyl (C=O) groups is 2. The zero-order valence-corrected chi connectivity index (χ0v) is 14.8. The average Bonchev–Trinajstić information content (AvgIpc) is 2.62. The summed E-state index contributed by atoms with van der Waals surface area (Å²) < 4.78 is 10.4. The van der Waals surface area contributed by atoms with Crippen molar-refractivity contribution in [1.82, 2.24) is 9.80 Å². The van der Waals surface area contributed by atoms with E-state index in [-0.39, 0.29) is 25.0 Å². The Kier molecular flexibility index (Phi) is 6.60. The van der Waals surface area contributed by atoms with Crippen molar-refractivity contribution in [3.8, 4) is 11.5 Å². The minimum absolute atomic E-state index is 0.0561. The van der Waals surface area contributed by atoms with Crippen LogP contribution in [0.2, 0.25) is 0 Å². The van der Waals surface area contributed by atoms with Crippen molar-refractivity contribution in [3.05, 3.63) is 18.2 Å². The van der Waals surface area contributed by atoms with Crippen LogP contribution in [0.4, 0.5) is 5.69 Å². The molecule has 1 saturated heterocycles. The second-order valence-corrected chi connectivity index (χ2v) is 5.84. The highest BCUT2D eigenvalue weighted by atomic mass is 16.5. The summed E-state index contributed by atoms with van der Waals surface area (Å²) in [6, 6.07) is 4.67. The van der Waals surface area contributed by atoms with Gasteiger partial charge in [0, 0.05) is 43.5 Å². The maximum atomic E-state index is 12.5. The molecule has 0 saturated carbocycles. The lowest BCUT2D eigenvalue weighted by Crippen LogP contribution is -2.55. The van der Waals surface area contributed by atoms with Crippen LogP contribution in [0, 0.1) is 0 Å². The Morgan fingerprint density at radius 2 is 1.88 bits per heavy atom. The molecule has 8 nitrogen and oxygen atoms in total. The first-order valence-electron chi connectivity index (χ1n) is 8.15. The van der Waals surface area contributed by atoms with Crippen molar-refractivity contribution < 1.29 is 24.2 Å². The van der Waals surface area contributed by atoms with Gasteiger partial charge in [-0.15, -0.1) is 0 Å². The number of piperazine rings is 1. The molecule has 1 aliphatic rings. The highest BCUT2D eigenvalue weighted by Crippen LogP contribution is 2.26. The van der Waals surface area contributed by atoms with Crippen LogP contribution in [-0.2, 0) is 9.59 Å². The molecule has 1 aromatic carbocycles. The van der Waals surface area contributed by atoms with Gasteiger partial charge in [0.1, 0.15) is 11.5 Å². The van der Waals surface area contributed by atoms with Crippen LogP contribution in [0.15, 0.2) is 18.2 Å². The van der Waals surface area contributed by atoms with Crippen LogP contribution in [0.5, 0.6) is 11.5 Å². The summed E-state index contributed by atoms with van der Waals surface area (Å²) in [5.41, 5.74) is 0.568. The number of carbonyl (C=O) groups excluding carboxylic acids is 2. The van der Waals surface area contributed by atoms with E-state index in [4.69, 9.17) is 14.6 Å². The topological polar surface area (TPSA) is 91.3 Å². The number of ether oxygens (including phenoxy) is 2. The molecule has 0 aliphatic carbocycles. The van der Waals surface area contributed by atoms with Crippen molar-refractivity contribution in [2.24, 2.45) is 0 Å². The maximum Gasteiger partial charge on any atom is 0.241 e. The van der Waals surface area contributed by atoms with Gasteiger partial charge in [0.05, 0.1) is 33.4 Å². The second kappa shape index (κ2) is 8.68. The van der Waals surface area contributed by atoms with Crippen molar-refractivity contribution in [2.45, 2.75) is 13.0 Å². The number of anilines is 1. The molecular weight excluding hydrogens is 326 g/mol. The number of β-amino-alcohol motifs (C(OH)–C–C–N with tert-alkyl or cyclic N) is 1. The van der Waals surface area contributed by atoms with Gasteiger partial charge in [0.2, 0.25) is 11.8 Å². The smallest absolute Gasteiger partial charge is 0.241 e. The largest absolute Gasteiger partial charge is 0.497 e. The van der Waals surface area contributed by atoms with Gasteiger partial charge in [0.25, 0.3) is 0 Å². The van der Waals surface area contributed by atoms with Crippen molar-refractivity contribution in [2.75, 3.05) is 52.3 Å². The van der Waals surface area contributed by atoms with E-state index < -0.39 is 6.04 Å². The number of hydrogen-bond acceptors (Lipinski definition) is 6. The minimum atomic E-state index is -0.461. The molecule has 0 spiro atoms. The van der Waals surface area contributed by atoms with Crippen LogP contribution in [0.25, 0.3) is 0 Å². The summed E-state index contributed by atoms with van der Waals surface area (Å²) in [5.74, 6) is 0.868. The number of nitrogens with zero attached hydrogens (tertiary/aromatic N) is 2. The second-order valence-electron chi connectivity index (χ2n) is 5.84. The predicted octanol–water partition coefficient (Wildman–Crippen LogP) is 0.167. The summed E-state index contributed by atoms with van der Waals surface area (Å²) in [4.78, 5) is 28.0. The molecule has 0 aromatic heterocycles. The number of rotatable bonds is 7. The molecule has 1 fully saturated rings. The van der Waals surface area contributed by atoms with Crippen molar-refractivity contribution in [1.29, 1.82) is 0 Å². The van der Waals surface area contributed by atoms with E-state index in [1.165, 1.54) is 0 Å². The lowest BCUT2D eigenvalue weighted by atomic mass is 10.2. The number of benzene rings is 1. The zero-order chi connectivity index (χ0) is 18.4. The van der Waals surface area contributed by atoms with E-state index in [1.807, 2.05) is 4.90 Å². The molecule has 2 N–H and O–H groups in total. The maximum absolute atomic E-state index is 12.5. The van der Waals surface area contributed by atoms with Crippen molar-refractivity contribution in [3.63, 3.8) is 0 Å². The third kappa shape index (κ3) is 4.83. The molecule has 2 amide bonds. The van der Waals surface area contributed by atoms with Gasteiger partial charge in [-0.05, 0) is 6.92 Å². The fourth-order valence-electron chi connectivity index (χ4n) is 2.71. The summed E-state index contributed by atoms with van der Waals surface area (Å²) in [6.45, 7) is 3.29. The first-order chi connectivity index (χ1) is 12.0. The SMILES string of the molecule is COc1cc(NC(=O)C(C)N2CCN(CCO)C(=O)C2)cc(OC)c1.